The third-order valence-electron chi connectivity index (χ3n) is 5.19. The summed E-state index contributed by atoms with van der Waals surface area (Å²) >= 11 is 1.62. The van der Waals surface area contributed by atoms with Crippen LogP contribution in [0.1, 0.15) is 28.8 Å². The minimum Gasteiger partial charge on any atom is -0.491 e. The Hall–Kier alpha value is -2.38. The second-order valence-electron chi connectivity index (χ2n) is 7.14. The van der Waals surface area contributed by atoms with Crippen LogP contribution in [0.15, 0.2) is 35.7 Å². The van der Waals surface area contributed by atoms with Crippen LogP contribution in [0.5, 0.6) is 5.75 Å². The fourth-order valence-corrected chi connectivity index (χ4v) is 4.80. The van der Waals surface area contributed by atoms with Crippen molar-refractivity contribution >= 4 is 23.3 Å². The summed E-state index contributed by atoms with van der Waals surface area (Å²) in [4.78, 5) is 27.9. The molecule has 1 fully saturated rings. The molecule has 1 spiro atoms. The van der Waals surface area contributed by atoms with E-state index in [9.17, 15) is 14.7 Å². The van der Waals surface area contributed by atoms with E-state index >= 15 is 0 Å². The first-order valence-electron chi connectivity index (χ1n) is 9.08. The zero-order chi connectivity index (χ0) is 19.0. The molecule has 1 aromatic carbocycles. The maximum atomic E-state index is 13.1. The molecular formula is C20H22N2O4S. The highest BCUT2D eigenvalue weighted by atomic mass is 32.1. The van der Waals surface area contributed by atoms with Gasteiger partial charge in [0.15, 0.2) is 0 Å². The van der Waals surface area contributed by atoms with Crippen molar-refractivity contribution in [3.05, 3.63) is 51.7 Å². The van der Waals surface area contributed by atoms with Crippen LogP contribution in [0.2, 0.25) is 0 Å². The first-order valence-corrected chi connectivity index (χ1v) is 9.96. The summed E-state index contributed by atoms with van der Waals surface area (Å²) in [6.45, 7) is 1.91. The van der Waals surface area contributed by atoms with Crippen molar-refractivity contribution in [2.45, 2.75) is 37.8 Å². The second kappa shape index (κ2) is 6.98. The number of hydrogen-bond acceptors (Lipinski definition) is 5. The molecule has 6 nitrogen and oxygen atoms in total. The van der Waals surface area contributed by atoms with Crippen molar-refractivity contribution in [2.75, 3.05) is 13.2 Å². The molecule has 4 rings (SSSR count). The average Bonchev–Trinajstić information content (AvgIpc) is 3.22. The fraction of sp³-hybridized carbons (Fsp3) is 0.400. The van der Waals surface area contributed by atoms with Crippen molar-refractivity contribution in [1.29, 1.82) is 0 Å². The summed E-state index contributed by atoms with van der Waals surface area (Å²) in [5.74, 6) is 0.366. The van der Waals surface area contributed by atoms with Crippen LogP contribution in [0.25, 0.3) is 0 Å². The van der Waals surface area contributed by atoms with Gasteiger partial charge in [-0.2, -0.15) is 0 Å². The smallest absolute Gasteiger partial charge is 0.325 e. The number of nitrogens with one attached hydrogen (secondary N) is 1. The predicted octanol–water partition coefficient (Wildman–Crippen LogP) is 2.58. The molecule has 2 aromatic rings. The van der Waals surface area contributed by atoms with Gasteiger partial charge in [0.25, 0.3) is 5.91 Å². The number of aliphatic hydroxyl groups excluding tert-OH is 1. The Bertz CT molecular complexity index is 863. The normalized spacial score (nSPS) is 22.7. The number of carbonyl (C=O) groups excluding carboxylic acids is 2. The Morgan fingerprint density at radius 3 is 2.85 bits per heavy atom. The van der Waals surface area contributed by atoms with E-state index in [1.165, 1.54) is 0 Å². The zero-order valence-electron chi connectivity index (χ0n) is 15.1. The van der Waals surface area contributed by atoms with Crippen molar-refractivity contribution in [2.24, 2.45) is 0 Å². The molecule has 0 saturated carbocycles. The average molecular weight is 386 g/mol. The predicted molar refractivity (Wildman–Crippen MR) is 102 cm³/mol. The number of fused-ring (bicyclic) bond motifs is 2. The monoisotopic (exact) mass is 386 g/mol. The summed E-state index contributed by atoms with van der Waals surface area (Å²) in [5.41, 5.74) is 1.06. The minimum atomic E-state index is -0.970. The molecule has 2 N–H and O–H groups in total. The van der Waals surface area contributed by atoms with E-state index < -0.39 is 17.7 Å². The van der Waals surface area contributed by atoms with Crippen LogP contribution in [0.4, 0.5) is 4.79 Å². The number of ether oxygens (including phenoxy) is 1. The Morgan fingerprint density at radius 1 is 1.30 bits per heavy atom. The lowest BCUT2D eigenvalue weighted by atomic mass is 9.80. The van der Waals surface area contributed by atoms with E-state index in [4.69, 9.17) is 4.74 Å². The lowest BCUT2D eigenvalue weighted by Gasteiger charge is -2.31. The van der Waals surface area contributed by atoms with Gasteiger partial charge in [-0.15, -0.1) is 11.3 Å². The quantitative estimate of drug-likeness (QED) is 0.774. The first kappa shape index (κ1) is 18.0. The van der Waals surface area contributed by atoms with E-state index in [-0.39, 0.29) is 19.1 Å². The standard InChI is InChI=1S/C20H22N2O4S/c1-13-4-6-15(7-5-13)26-12-14(23)11-22-18(24)20(21-19(22)25)9-2-3-17-16(20)8-10-27-17/h4-8,10,14,23H,2-3,9,11-12H2,1H3,(H,21,25)/t14-,20+/m1/s1. The van der Waals surface area contributed by atoms with Gasteiger partial charge in [0.05, 0.1) is 6.54 Å². The van der Waals surface area contributed by atoms with E-state index in [0.717, 1.165) is 33.7 Å². The maximum absolute atomic E-state index is 13.1. The van der Waals surface area contributed by atoms with Crippen LogP contribution in [0.3, 0.4) is 0 Å². The largest absolute Gasteiger partial charge is 0.491 e. The van der Waals surface area contributed by atoms with Crippen molar-refractivity contribution in [1.82, 2.24) is 10.2 Å². The number of hydrogen-bond donors (Lipinski definition) is 2. The summed E-state index contributed by atoms with van der Waals surface area (Å²) < 4.78 is 5.57. The number of benzene rings is 1. The van der Waals surface area contributed by atoms with E-state index in [2.05, 4.69) is 5.32 Å². The van der Waals surface area contributed by atoms with Gasteiger partial charge in [0, 0.05) is 10.4 Å². The van der Waals surface area contributed by atoms with Crippen molar-refractivity contribution in [3.8, 4) is 5.75 Å². The van der Waals surface area contributed by atoms with Crippen LogP contribution in [-0.4, -0.2) is 41.2 Å². The number of carbonyl (C=O) groups is 2. The molecule has 2 aliphatic rings. The van der Waals surface area contributed by atoms with Crippen LogP contribution in [0, 0.1) is 6.92 Å². The molecule has 0 unspecified atom stereocenters. The maximum Gasteiger partial charge on any atom is 0.325 e. The molecule has 0 radical (unpaired) electrons. The number of amides is 3. The summed E-state index contributed by atoms with van der Waals surface area (Å²) in [6, 6.07) is 8.97. The number of nitrogens with zero attached hydrogens (tertiary/aromatic N) is 1. The fourth-order valence-electron chi connectivity index (χ4n) is 3.80. The van der Waals surface area contributed by atoms with Gasteiger partial charge in [-0.05, 0) is 49.8 Å². The number of urea groups is 1. The van der Waals surface area contributed by atoms with E-state index in [1.54, 1.807) is 11.3 Å². The van der Waals surface area contributed by atoms with Crippen molar-refractivity contribution < 1.29 is 19.4 Å². The lowest BCUT2D eigenvalue weighted by Crippen LogP contribution is -2.46. The Morgan fingerprint density at radius 2 is 2.07 bits per heavy atom. The molecule has 7 heteroatoms. The summed E-state index contributed by atoms with van der Waals surface area (Å²) in [7, 11) is 0. The Balaban J connectivity index is 1.43. The molecule has 2 heterocycles. The zero-order valence-corrected chi connectivity index (χ0v) is 15.9. The Labute approximate surface area is 161 Å². The van der Waals surface area contributed by atoms with Crippen LogP contribution < -0.4 is 10.1 Å². The summed E-state index contributed by atoms with van der Waals surface area (Å²) in [6.07, 6.45) is 1.42. The number of rotatable bonds is 5. The molecule has 3 amide bonds. The molecule has 0 bridgehead atoms. The highest BCUT2D eigenvalue weighted by Crippen LogP contribution is 2.42. The topological polar surface area (TPSA) is 78.9 Å². The number of imide groups is 1. The number of thiophene rings is 1. The molecule has 2 atom stereocenters. The molecule has 27 heavy (non-hydrogen) atoms. The number of aliphatic hydroxyl groups is 1. The molecule has 1 saturated heterocycles. The third kappa shape index (κ3) is 3.21. The highest BCUT2D eigenvalue weighted by Gasteiger charge is 2.54. The van der Waals surface area contributed by atoms with Crippen molar-refractivity contribution in [3.63, 3.8) is 0 Å². The van der Waals surface area contributed by atoms with Gasteiger partial charge in [-0.3, -0.25) is 9.69 Å². The lowest BCUT2D eigenvalue weighted by molar-refractivity contribution is -0.133. The Kier molecular flexibility index (Phi) is 4.65. The SMILES string of the molecule is Cc1ccc(OC[C@H](O)CN2C(=O)N[C@]3(CCCc4sccc43)C2=O)cc1. The first-order chi connectivity index (χ1) is 13.0. The third-order valence-corrected chi connectivity index (χ3v) is 6.17. The molecule has 1 aromatic heterocycles. The van der Waals surface area contributed by atoms with Gasteiger partial charge in [0.2, 0.25) is 0 Å². The van der Waals surface area contributed by atoms with Gasteiger partial charge in [-0.1, -0.05) is 17.7 Å². The van der Waals surface area contributed by atoms with E-state index in [1.807, 2.05) is 42.6 Å². The molecule has 1 aliphatic heterocycles. The van der Waals surface area contributed by atoms with Gasteiger partial charge >= 0.3 is 6.03 Å². The molecular weight excluding hydrogens is 364 g/mol. The summed E-state index contributed by atoms with van der Waals surface area (Å²) in [5, 5.41) is 15.2. The highest BCUT2D eigenvalue weighted by molar-refractivity contribution is 7.10. The number of β-amino-alcohol motifs (C(OH)–C–C–N with tert-alkyl or cyclic N) is 1. The van der Waals surface area contributed by atoms with Gasteiger partial charge < -0.3 is 15.2 Å². The van der Waals surface area contributed by atoms with Crippen LogP contribution in [-0.2, 0) is 16.8 Å². The number of aryl methyl sites for hydroxylation is 2. The molecule has 1 aliphatic carbocycles. The van der Waals surface area contributed by atoms with Gasteiger partial charge in [-0.25, -0.2) is 4.79 Å². The second-order valence-corrected chi connectivity index (χ2v) is 8.14. The van der Waals surface area contributed by atoms with Crippen LogP contribution >= 0.6 is 11.3 Å². The van der Waals surface area contributed by atoms with E-state index in [0.29, 0.717) is 12.2 Å². The molecule has 142 valence electrons. The van der Waals surface area contributed by atoms with Gasteiger partial charge in [0.1, 0.15) is 24.0 Å². The minimum absolute atomic E-state index is 0.0107.